The monoisotopic (exact) mass is 176 g/mol. The summed E-state index contributed by atoms with van der Waals surface area (Å²) in [4.78, 5) is 4.08. The van der Waals surface area contributed by atoms with Gasteiger partial charge in [0.25, 0.3) is 0 Å². The zero-order chi connectivity index (χ0) is 9.42. The normalized spacial score (nSPS) is 10.6. The van der Waals surface area contributed by atoms with Crippen molar-refractivity contribution in [2.75, 3.05) is 5.73 Å². The summed E-state index contributed by atoms with van der Waals surface area (Å²) in [6, 6.07) is 6.49. The van der Waals surface area contributed by atoms with Crippen molar-refractivity contribution in [1.29, 1.82) is 0 Å². The standard InChI is InChI=1S/C10H9FN2/c1-6-2-3-7-9(12)5-4-8(11)10(7)13-6/h2-5H,12H2,1H3. The van der Waals surface area contributed by atoms with Gasteiger partial charge < -0.3 is 5.73 Å². The van der Waals surface area contributed by atoms with Crippen LogP contribution in [0.2, 0.25) is 0 Å². The van der Waals surface area contributed by atoms with E-state index in [2.05, 4.69) is 4.98 Å². The highest BCUT2D eigenvalue weighted by molar-refractivity contribution is 5.90. The lowest BCUT2D eigenvalue weighted by Gasteiger charge is -2.02. The van der Waals surface area contributed by atoms with Gasteiger partial charge in [-0.2, -0.15) is 0 Å². The van der Waals surface area contributed by atoms with E-state index < -0.39 is 0 Å². The van der Waals surface area contributed by atoms with E-state index in [0.717, 1.165) is 5.69 Å². The minimum Gasteiger partial charge on any atom is -0.398 e. The Kier molecular flexibility index (Phi) is 1.65. The number of anilines is 1. The van der Waals surface area contributed by atoms with E-state index in [0.29, 0.717) is 16.6 Å². The quantitative estimate of drug-likeness (QED) is 0.625. The van der Waals surface area contributed by atoms with Gasteiger partial charge in [-0.05, 0) is 31.2 Å². The average Bonchev–Trinajstić information content (AvgIpc) is 2.12. The molecule has 0 bridgehead atoms. The van der Waals surface area contributed by atoms with Crippen molar-refractivity contribution in [1.82, 2.24) is 4.98 Å². The van der Waals surface area contributed by atoms with Crippen molar-refractivity contribution < 1.29 is 4.39 Å². The predicted molar refractivity (Wildman–Crippen MR) is 50.9 cm³/mol. The summed E-state index contributed by atoms with van der Waals surface area (Å²) in [5, 5.41) is 0.672. The van der Waals surface area contributed by atoms with Crippen molar-refractivity contribution in [3.8, 4) is 0 Å². The van der Waals surface area contributed by atoms with Gasteiger partial charge in [-0.1, -0.05) is 0 Å². The Morgan fingerprint density at radius 3 is 2.77 bits per heavy atom. The molecule has 0 radical (unpaired) electrons. The molecule has 0 aliphatic carbocycles. The van der Waals surface area contributed by atoms with E-state index in [-0.39, 0.29) is 5.82 Å². The smallest absolute Gasteiger partial charge is 0.149 e. The maximum Gasteiger partial charge on any atom is 0.149 e. The summed E-state index contributed by atoms with van der Waals surface area (Å²) in [6.07, 6.45) is 0. The predicted octanol–water partition coefficient (Wildman–Crippen LogP) is 2.26. The molecule has 2 nitrogen and oxygen atoms in total. The fourth-order valence-electron chi connectivity index (χ4n) is 1.30. The highest BCUT2D eigenvalue weighted by Crippen LogP contribution is 2.21. The number of nitrogens with zero attached hydrogens (tertiary/aromatic N) is 1. The number of nitrogen functional groups attached to an aromatic ring is 1. The molecule has 0 atom stereocenters. The molecular formula is C10H9FN2. The van der Waals surface area contributed by atoms with E-state index in [1.165, 1.54) is 6.07 Å². The SMILES string of the molecule is Cc1ccc2c(N)ccc(F)c2n1. The van der Waals surface area contributed by atoms with Gasteiger partial charge in [-0.25, -0.2) is 9.37 Å². The molecule has 0 spiro atoms. The Morgan fingerprint density at radius 2 is 2.00 bits per heavy atom. The third-order valence-electron chi connectivity index (χ3n) is 1.98. The molecule has 13 heavy (non-hydrogen) atoms. The van der Waals surface area contributed by atoms with Crippen LogP contribution in [0.4, 0.5) is 10.1 Å². The lowest BCUT2D eigenvalue weighted by Crippen LogP contribution is -1.92. The number of aryl methyl sites for hydroxylation is 1. The van der Waals surface area contributed by atoms with Crippen molar-refractivity contribution in [3.05, 3.63) is 35.8 Å². The summed E-state index contributed by atoms with van der Waals surface area (Å²) in [6.45, 7) is 1.82. The van der Waals surface area contributed by atoms with Gasteiger partial charge in [0.15, 0.2) is 0 Å². The Hall–Kier alpha value is -1.64. The third kappa shape index (κ3) is 1.22. The van der Waals surface area contributed by atoms with Gasteiger partial charge in [0.1, 0.15) is 11.3 Å². The zero-order valence-corrected chi connectivity index (χ0v) is 7.21. The van der Waals surface area contributed by atoms with Crippen LogP contribution in [0.15, 0.2) is 24.3 Å². The number of benzene rings is 1. The number of hydrogen-bond acceptors (Lipinski definition) is 2. The van der Waals surface area contributed by atoms with E-state index in [9.17, 15) is 4.39 Å². The molecule has 66 valence electrons. The highest BCUT2D eigenvalue weighted by atomic mass is 19.1. The molecule has 1 aromatic heterocycles. The first-order chi connectivity index (χ1) is 6.18. The lowest BCUT2D eigenvalue weighted by molar-refractivity contribution is 0.636. The van der Waals surface area contributed by atoms with Crippen molar-refractivity contribution in [2.24, 2.45) is 0 Å². The van der Waals surface area contributed by atoms with Crippen LogP contribution in [0.25, 0.3) is 10.9 Å². The molecule has 0 unspecified atom stereocenters. The van der Waals surface area contributed by atoms with E-state index in [4.69, 9.17) is 5.73 Å². The van der Waals surface area contributed by atoms with Crippen molar-refractivity contribution >= 4 is 16.6 Å². The first kappa shape index (κ1) is 7.98. The first-order valence-corrected chi connectivity index (χ1v) is 4.00. The summed E-state index contributed by atoms with van der Waals surface area (Å²) >= 11 is 0. The number of nitrogens with two attached hydrogens (primary N) is 1. The minimum atomic E-state index is -0.326. The Balaban J connectivity index is 2.92. The Morgan fingerprint density at radius 1 is 1.23 bits per heavy atom. The molecule has 0 aliphatic rings. The summed E-state index contributed by atoms with van der Waals surface area (Å²) in [7, 11) is 0. The van der Waals surface area contributed by atoms with E-state index in [1.54, 1.807) is 12.1 Å². The maximum absolute atomic E-state index is 13.2. The lowest BCUT2D eigenvalue weighted by atomic mass is 10.1. The molecule has 3 heteroatoms. The number of rotatable bonds is 0. The van der Waals surface area contributed by atoms with Crippen LogP contribution in [0.5, 0.6) is 0 Å². The molecule has 0 amide bonds. The van der Waals surface area contributed by atoms with Crippen molar-refractivity contribution in [3.63, 3.8) is 0 Å². The highest BCUT2D eigenvalue weighted by Gasteiger charge is 2.04. The average molecular weight is 176 g/mol. The topological polar surface area (TPSA) is 38.9 Å². The number of halogens is 1. The van der Waals surface area contributed by atoms with Crippen LogP contribution in [-0.4, -0.2) is 4.98 Å². The van der Waals surface area contributed by atoms with Gasteiger partial charge in [0.2, 0.25) is 0 Å². The summed E-state index contributed by atoms with van der Waals surface area (Å²) in [5.74, 6) is -0.326. The molecule has 0 aliphatic heterocycles. The van der Waals surface area contributed by atoms with Gasteiger partial charge in [0.05, 0.1) is 0 Å². The van der Waals surface area contributed by atoms with Crippen molar-refractivity contribution in [2.45, 2.75) is 6.92 Å². The molecule has 1 aromatic carbocycles. The summed E-state index contributed by atoms with van der Waals surface area (Å²) in [5.41, 5.74) is 7.36. The van der Waals surface area contributed by atoms with Gasteiger partial charge >= 0.3 is 0 Å². The fraction of sp³-hybridized carbons (Fsp3) is 0.100. The molecule has 0 saturated heterocycles. The number of hydrogen-bond donors (Lipinski definition) is 1. The first-order valence-electron chi connectivity index (χ1n) is 4.00. The molecule has 2 N–H and O–H groups in total. The van der Waals surface area contributed by atoms with Crippen LogP contribution in [-0.2, 0) is 0 Å². The second-order valence-corrected chi connectivity index (χ2v) is 2.99. The number of aromatic nitrogens is 1. The van der Waals surface area contributed by atoms with Gasteiger partial charge in [-0.15, -0.1) is 0 Å². The zero-order valence-electron chi connectivity index (χ0n) is 7.21. The molecule has 1 heterocycles. The van der Waals surface area contributed by atoms with Gasteiger partial charge in [0, 0.05) is 16.8 Å². The third-order valence-corrected chi connectivity index (χ3v) is 1.98. The molecule has 2 rings (SSSR count). The molecular weight excluding hydrogens is 167 g/mol. The van der Waals surface area contributed by atoms with Crippen LogP contribution in [0, 0.1) is 12.7 Å². The van der Waals surface area contributed by atoms with Crippen LogP contribution < -0.4 is 5.73 Å². The Labute approximate surface area is 75.2 Å². The largest absolute Gasteiger partial charge is 0.398 e. The van der Waals surface area contributed by atoms with Crippen LogP contribution >= 0.6 is 0 Å². The summed E-state index contributed by atoms with van der Waals surface area (Å²) < 4.78 is 13.2. The Bertz CT molecular complexity index is 466. The van der Waals surface area contributed by atoms with Crippen LogP contribution in [0.3, 0.4) is 0 Å². The minimum absolute atomic E-state index is 0.326. The second-order valence-electron chi connectivity index (χ2n) is 2.99. The van der Waals surface area contributed by atoms with Crippen LogP contribution in [0.1, 0.15) is 5.69 Å². The maximum atomic E-state index is 13.2. The van der Waals surface area contributed by atoms with Gasteiger partial charge in [-0.3, -0.25) is 0 Å². The molecule has 0 saturated carbocycles. The number of fused-ring (bicyclic) bond motifs is 1. The fourth-order valence-corrected chi connectivity index (χ4v) is 1.30. The molecule has 2 aromatic rings. The van der Waals surface area contributed by atoms with E-state index in [1.807, 2.05) is 13.0 Å². The van der Waals surface area contributed by atoms with E-state index >= 15 is 0 Å². The number of pyridine rings is 1. The second kappa shape index (κ2) is 2.69. The molecule has 0 fully saturated rings.